The SMILES string of the molecule is C[C@@](N)(c1ccccc1F)[C@@H]1CCOC1. The van der Waals surface area contributed by atoms with Crippen molar-refractivity contribution in [3.63, 3.8) is 0 Å². The van der Waals surface area contributed by atoms with Crippen molar-refractivity contribution in [1.82, 2.24) is 0 Å². The van der Waals surface area contributed by atoms with Crippen molar-refractivity contribution in [3.05, 3.63) is 35.6 Å². The van der Waals surface area contributed by atoms with E-state index in [0.717, 1.165) is 13.0 Å². The first-order valence-electron chi connectivity index (χ1n) is 5.24. The Labute approximate surface area is 89.2 Å². The normalized spacial score (nSPS) is 25.1. The lowest BCUT2D eigenvalue weighted by Crippen LogP contribution is -2.42. The van der Waals surface area contributed by atoms with Gasteiger partial charge in [0.05, 0.1) is 6.61 Å². The van der Waals surface area contributed by atoms with Crippen LogP contribution in [-0.2, 0) is 10.3 Å². The Morgan fingerprint density at radius 1 is 1.47 bits per heavy atom. The van der Waals surface area contributed by atoms with E-state index < -0.39 is 5.54 Å². The molecule has 1 aliphatic heterocycles. The van der Waals surface area contributed by atoms with Crippen LogP contribution in [-0.4, -0.2) is 13.2 Å². The third-order valence-corrected chi connectivity index (χ3v) is 3.23. The monoisotopic (exact) mass is 209 g/mol. The first-order chi connectivity index (χ1) is 7.12. The molecule has 1 saturated heterocycles. The second-order valence-corrected chi connectivity index (χ2v) is 4.32. The Balaban J connectivity index is 2.31. The molecule has 2 atom stereocenters. The van der Waals surface area contributed by atoms with Crippen LogP contribution >= 0.6 is 0 Å². The lowest BCUT2D eigenvalue weighted by Gasteiger charge is -2.31. The van der Waals surface area contributed by atoms with E-state index in [0.29, 0.717) is 12.2 Å². The second-order valence-electron chi connectivity index (χ2n) is 4.32. The molecular formula is C12H16FNO. The van der Waals surface area contributed by atoms with Crippen LogP contribution < -0.4 is 5.73 Å². The number of hydrogen-bond acceptors (Lipinski definition) is 2. The fraction of sp³-hybridized carbons (Fsp3) is 0.500. The summed E-state index contributed by atoms with van der Waals surface area (Å²) in [5, 5.41) is 0. The van der Waals surface area contributed by atoms with E-state index in [4.69, 9.17) is 10.5 Å². The van der Waals surface area contributed by atoms with Crippen molar-refractivity contribution in [2.75, 3.05) is 13.2 Å². The van der Waals surface area contributed by atoms with E-state index in [9.17, 15) is 4.39 Å². The molecule has 0 spiro atoms. The molecule has 0 aromatic heterocycles. The maximum atomic E-state index is 13.6. The summed E-state index contributed by atoms with van der Waals surface area (Å²) in [7, 11) is 0. The molecule has 0 radical (unpaired) electrons. The Morgan fingerprint density at radius 3 is 2.80 bits per heavy atom. The highest BCUT2D eigenvalue weighted by atomic mass is 19.1. The molecule has 0 amide bonds. The molecule has 0 aliphatic carbocycles. The van der Waals surface area contributed by atoms with Gasteiger partial charge in [-0.15, -0.1) is 0 Å². The fourth-order valence-corrected chi connectivity index (χ4v) is 2.13. The van der Waals surface area contributed by atoms with Gasteiger partial charge in [0, 0.05) is 23.6 Å². The molecule has 2 rings (SSSR count). The summed E-state index contributed by atoms with van der Waals surface area (Å²) in [6, 6.07) is 6.71. The van der Waals surface area contributed by atoms with Crippen molar-refractivity contribution in [1.29, 1.82) is 0 Å². The van der Waals surface area contributed by atoms with Gasteiger partial charge in [-0.2, -0.15) is 0 Å². The van der Waals surface area contributed by atoms with Crippen molar-refractivity contribution < 1.29 is 9.13 Å². The Hall–Kier alpha value is -0.930. The van der Waals surface area contributed by atoms with Crippen LogP contribution in [0.25, 0.3) is 0 Å². The van der Waals surface area contributed by atoms with Gasteiger partial charge < -0.3 is 10.5 Å². The van der Waals surface area contributed by atoms with E-state index in [1.54, 1.807) is 12.1 Å². The first-order valence-corrected chi connectivity index (χ1v) is 5.24. The fourth-order valence-electron chi connectivity index (χ4n) is 2.13. The minimum absolute atomic E-state index is 0.203. The molecular weight excluding hydrogens is 193 g/mol. The van der Waals surface area contributed by atoms with Crippen molar-refractivity contribution >= 4 is 0 Å². The maximum Gasteiger partial charge on any atom is 0.128 e. The number of hydrogen-bond donors (Lipinski definition) is 1. The number of nitrogens with two attached hydrogens (primary N) is 1. The first kappa shape index (κ1) is 10.6. The minimum Gasteiger partial charge on any atom is -0.381 e. The molecule has 0 unspecified atom stereocenters. The lowest BCUT2D eigenvalue weighted by molar-refractivity contribution is 0.165. The highest BCUT2D eigenvalue weighted by Crippen LogP contribution is 2.33. The zero-order valence-corrected chi connectivity index (χ0v) is 8.87. The molecule has 2 nitrogen and oxygen atoms in total. The third-order valence-electron chi connectivity index (χ3n) is 3.23. The topological polar surface area (TPSA) is 35.2 Å². The molecule has 3 heteroatoms. The summed E-state index contributed by atoms with van der Waals surface area (Å²) >= 11 is 0. The Kier molecular flexibility index (Phi) is 2.76. The van der Waals surface area contributed by atoms with Crippen LogP contribution in [0.5, 0.6) is 0 Å². The standard InChI is InChI=1S/C12H16FNO/c1-12(14,9-6-7-15-8-9)10-4-2-3-5-11(10)13/h2-5,9H,6-8,14H2,1H3/t9-,12+/m1/s1. The molecule has 2 N–H and O–H groups in total. The van der Waals surface area contributed by atoms with E-state index >= 15 is 0 Å². The molecule has 1 fully saturated rings. The van der Waals surface area contributed by atoms with Gasteiger partial charge in [0.15, 0.2) is 0 Å². The van der Waals surface area contributed by atoms with E-state index in [1.807, 2.05) is 13.0 Å². The van der Waals surface area contributed by atoms with Crippen LogP contribution in [0.15, 0.2) is 24.3 Å². The molecule has 15 heavy (non-hydrogen) atoms. The number of benzene rings is 1. The number of ether oxygens (including phenoxy) is 1. The van der Waals surface area contributed by atoms with Crippen molar-refractivity contribution in [3.8, 4) is 0 Å². The van der Waals surface area contributed by atoms with Crippen molar-refractivity contribution in [2.24, 2.45) is 11.7 Å². The van der Waals surface area contributed by atoms with Crippen LogP contribution in [0.4, 0.5) is 4.39 Å². The molecule has 1 heterocycles. The second kappa shape index (κ2) is 3.91. The van der Waals surface area contributed by atoms with Gasteiger partial charge in [0.2, 0.25) is 0 Å². The molecule has 1 aromatic carbocycles. The van der Waals surface area contributed by atoms with Crippen LogP contribution in [0.3, 0.4) is 0 Å². The zero-order valence-electron chi connectivity index (χ0n) is 8.87. The van der Waals surface area contributed by atoms with Gasteiger partial charge in [-0.05, 0) is 19.4 Å². The summed E-state index contributed by atoms with van der Waals surface area (Å²) in [4.78, 5) is 0. The predicted octanol–water partition coefficient (Wildman–Crippen LogP) is 2.04. The molecule has 1 aliphatic rings. The van der Waals surface area contributed by atoms with Gasteiger partial charge in [-0.3, -0.25) is 0 Å². The third kappa shape index (κ3) is 1.90. The van der Waals surface area contributed by atoms with Crippen LogP contribution in [0.2, 0.25) is 0 Å². The predicted molar refractivity (Wildman–Crippen MR) is 56.9 cm³/mol. The largest absolute Gasteiger partial charge is 0.381 e. The Morgan fingerprint density at radius 2 is 2.20 bits per heavy atom. The highest BCUT2D eigenvalue weighted by molar-refractivity contribution is 5.26. The minimum atomic E-state index is -0.637. The maximum absolute atomic E-state index is 13.6. The van der Waals surface area contributed by atoms with Crippen LogP contribution in [0.1, 0.15) is 18.9 Å². The molecule has 82 valence electrons. The average molecular weight is 209 g/mol. The highest BCUT2D eigenvalue weighted by Gasteiger charge is 2.36. The van der Waals surface area contributed by atoms with E-state index in [-0.39, 0.29) is 11.7 Å². The molecule has 0 saturated carbocycles. The van der Waals surface area contributed by atoms with Gasteiger partial charge in [0.1, 0.15) is 5.82 Å². The van der Waals surface area contributed by atoms with Crippen LogP contribution in [0, 0.1) is 11.7 Å². The summed E-state index contributed by atoms with van der Waals surface area (Å²) < 4.78 is 18.9. The van der Waals surface area contributed by atoms with Gasteiger partial charge >= 0.3 is 0 Å². The van der Waals surface area contributed by atoms with Gasteiger partial charge in [-0.25, -0.2) is 4.39 Å². The zero-order chi connectivity index (χ0) is 10.9. The molecule has 0 bridgehead atoms. The quantitative estimate of drug-likeness (QED) is 0.809. The summed E-state index contributed by atoms with van der Waals surface area (Å²) in [6.07, 6.45) is 0.904. The molecule has 1 aromatic rings. The lowest BCUT2D eigenvalue weighted by atomic mass is 9.80. The van der Waals surface area contributed by atoms with E-state index in [2.05, 4.69) is 0 Å². The van der Waals surface area contributed by atoms with Gasteiger partial charge in [0.25, 0.3) is 0 Å². The van der Waals surface area contributed by atoms with Gasteiger partial charge in [-0.1, -0.05) is 18.2 Å². The summed E-state index contributed by atoms with van der Waals surface area (Å²) in [5.41, 5.74) is 6.17. The Bertz CT molecular complexity index is 345. The van der Waals surface area contributed by atoms with E-state index in [1.165, 1.54) is 6.07 Å². The smallest absolute Gasteiger partial charge is 0.128 e. The summed E-state index contributed by atoms with van der Waals surface area (Å²) in [6.45, 7) is 3.23. The summed E-state index contributed by atoms with van der Waals surface area (Å²) in [5.74, 6) is -0.0243. The average Bonchev–Trinajstić information content (AvgIpc) is 2.71. The number of halogens is 1. The van der Waals surface area contributed by atoms with Crippen molar-refractivity contribution in [2.45, 2.75) is 18.9 Å². The number of rotatable bonds is 2.